The van der Waals surface area contributed by atoms with Gasteiger partial charge < -0.3 is 24.8 Å². The van der Waals surface area contributed by atoms with Gasteiger partial charge in [0.1, 0.15) is 5.82 Å². The molecule has 0 radical (unpaired) electrons. The van der Waals surface area contributed by atoms with E-state index in [1.807, 2.05) is 6.07 Å². The molecule has 7 nitrogen and oxygen atoms in total. The maximum Gasteiger partial charge on any atom is 0.256 e. The van der Waals surface area contributed by atoms with Crippen LogP contribution >= 0.6 is 0 Å². The number of carbonyl (C=O) groups is 1. The van der Waals surface area contributed by atoms with Crippen LogP contribution in [-0.4, -0.2) is 36.9 Å². The summed E-state index contributed by atoms with van der Waals surface area (Å²) in [6.45, 7) is 1.79. The van der Waals surface area contributed by atoms with E-state index >= 15 is 0 Å². The van der Waals surface area contributed by atoms with Crippen molar-refractivity contribution in [3.8, 4) is 11.5 Å². The van der Waals surface area contributed by atoms with E-state index in [1.54, 1.807) is 30.5 Å². The lowest BCUT2D eigenvalue weighted by Gasteiger charge is -2.12. The second kappa shape index (κ2) is 6.98. The highest BCUT2D eigenvalue weighted by atomic mass is 16.7. The standard InChI is InChI=1S/C18H19N3O4/c22-18(12-3-5-15-16(8-12)25-11-24-15)21-17-6-4-13(9-20-17)19-10-14-2-1-7-23-14/h3-6,8-9,14,19H,1-2,7,10-11H2,(H,20,21,22). The highest BCUT2D eigenvalue weighted by Crippen LogP contribution is 2.32. The maximum absolute atomic E-state index is 12.3. The van der Waals surface area contributed by atoms with Gasteiger partial charge in [0.2, 0.25) is 6.79 Å². The van der Waals surface area contributed by atoms with Crippen LogP contribution in [0, 0.1) is 0 Å². The Balaban J connectivity index is 1.34. The molecule has 2 aromatic rings. The number of nitrogens with one attached hydrogen (secondary N) is 2. The number of carbonyl (C=O) groups excluding carboxylic acids is 1. The molecule has 3 heterocycles. The Hall–Kier alpha value is -2.80. The number of amides is 1. The molecular weight excluding hydrogens is 322 g/mol. The molecule has 0 bridgehead atoms. The largest absolute Gasteiger partial charge is 0.454 e. The molecule has 2 N–H and O–H groups in total. The fraction of sp³-hybridized carbons (Fsp3) is 0.333. The summed E-state index contributed by atoms with van der Waals surface area (Å²) < 4.78 is 16.1. The monoisotopic (exact) mass is 341 g/mol. The average Bonchev–Trinajstić information content (AvgIpc) is 3.32. The number of aromatic nitrogens is 1. The van der Waals surface area contributed by atoms with Gasteiger partial charge in [0.15, 0.2) is 11.5 Å². The zero-order valence-corrected chi connectivity index (χ0v) is 13.7. The first-order valence-corrected chi connectivity index (χ1v) is 8.30. The lowest BCUT2D eigenvalue weighted by Crippen LogP contribution is -2.18. The number of hydrogen-bond donors (Lipinski definition) is 2. The minimum atomic E-state index is -0.245. The molecule has 130 valence electrons. The van der Waals surface area contributed by atoms with E-state index in [0.29, 0.717) is 22.9 Å². The number of benzene rings is 1. The molecule has 1 saturated heterocycles. The Kier molecular flexibility index (Phi) is 4.39. The van der Waals surface area contributed by atoms with Crippen LogP contribution in [0.1, 0.15) is 23.2 Å². The molecule has 1 atom stereocenters. The van der Waals surface area contributed by atoms with Crippen molar-refractivity contribution in [1.29, 1.82) is 0 Å². The van der Waals surface area contributed by atoms with Gasteiger partial charge in [-0.1, -0.05) is 0 Å². The fourth-order valence-electron chi connectivity index (χ4n) is 2.84. The van der Waals surface area contributed by atoms with E-state index in [4.69, 9.17) is 14.2 Å². The molecule has 0 saturated carbocycles. The molecule has 7 heteroatoms. The average molecular weight is 341 g/mol. The van der Waals surface area contributed by atoms with E-state index in [1.165, 1.54) is 0 Å². The summed E-state index contributed by atoms with van der Waals surface area (Å²) in [5.74, 6) is 1.47. The number of nitrogens with zero attached hydrogens (tertiary/aromatic N) is 1. The van der Waals surface area contributed by atoms with Crippen molar-refractivity contribution in [3.63, 3.8) is 0 Å². The summed E-state index contributed by atoms with van der Waals surface area (Å²) in [5.41, 5.74) is 1.39. The van der Waals surface area contributed by atoms with Crippen LogP contribution in [0.25, 0.3) is 0 Å². The molecule has 25 heavy (non-hydrogen) atoms. The van der Waals surface area contributed by atoms with Crippen molar-refractivity contribution in [2.75, 3.05) is 30.6 Å². The van der Waals surface area contributed by atoms with Crippen molar-refractivity contribution >= 4 is 17.4 Å². The van der Waals surface area contributed by atoms with Crippen LogP contribution < -0.4 is 20.1 Å². The molecular formula is C18H19N3O4. The van der Waals surface area contributed by atoms with Crippen molar-refractivity contribution < 1.29 is 19.0 Å². The van der Waals surface area contributed by atoms with E-state index in [2.05, 4.69) is 15.6 Å². The van der Waals surface area contributed by atoms with Crippen LogP contribution in [0.5, 0.6) is 11.5 Å². The van der Waals surface area contributed by atoms with Crippen LogP contribution in [0.2, 0.25) is 0 Å². The maximum atomic E-state index is 12.3. The van der Waals surface area contributed by atoms with Crippen LogP contribution in [0.4, 0.5) is 11.5 Å². The molecule has 1 unspecified atom stereocenters. The minimum Gasteiger partial charge on any atom is -0.454 e. The van der Waals surface area contributed by atoms with Crippen molar-refractivity contribution in [2.45, 2.75) is 18.9 Å². The van der Waals surface area contributed by atoms with Gasteiger partial charge in [0.05, 0.1) is 18.0 Å². The Bertz CT molecular complexity index is 757. The predicted molar refractivity (Wildman–Crippen MR) is 92.2 cm³/mol. The molecule has 0 aliphatic carbocycles. The number of ether oxygens (including phenoxy) is 3. The van der Waals surface area contributed by atoms with Gasteiger partial charge >= 0.3 is 0 Å². The van der Waals surface area contributed by atoms with Gasteiger partial charge in [-0.25, -0.2) is 4.98 Å². The molecule has 1 aromatic heterocycles. The third kappa shape index (κ3) is 3.66. The predicted octanol–water partition coefficient (Wildman–Crippen LogP) is 2.65. The first kappa shape index (κ1) is 15.7. The van der Waals surface area contributed by atoms with Crippen molar-refractivity contribution in [3.05, 3.63) is 42.1 Å². The molecule has 1 amide bonds. The first-order valence-electron chi connectivity index (χ1n) is 8.30. The summed E-state index contributed by atoms with van der Waals surface area (Å²) in [5, 5.41) is 6.07. The number of rotatable bonds is 5. The first-order chi connectivity index (χ1) is 12.3. The van der Waals surface area contributed by atoms with E-state index < -0.39 is 0 Å². The van der Waals surface area contributed by atoms with Gasteiger partial charge in [0, 0.05) is 18.7 Å². The molecule has 0 spiro atoms. The highest BCUT2D eigenvalue weighted by molar-refractivity contribution is 6.04. The number of hydrogen-bond acceptors (Lipinski definition) is 6. The Morgan fingerprint density at radius 3 is 2.92 bits per heavy atom. The van der Waals surface area contributed by atoms with E-state index in [0.717, 1.165) is 31.7 Å². The van der Waals surface area contributed by atoms with Crippen LogP contribution in [-0.2, 0) is 4.74 Å². The molecule has 1 fully saturated rings. The van der Waals surface area contributed by atoms with Crippen molar-refractivity contribution in [1.82, 2.24) is 4.98 Å². The van der Waals surface area contributed by atoms with Gasteiger partial charge in [-0.3, -0.25) is 4.79 Å². The summed E-state index contributed by atoms with van der Waals surface area (Å²) >= 11 is 0. The lowest BCUT2D eigenvalue weighted by atomic mass is 10.2. The molecule has 4 rings (SSSR count). The fourth-order valence-corrected chi connectivity index (χ4v) is 2.84. The second-order valence-electron chi connectivity index (χ2n) is 5.97. The highest BCUT2D eigenvalue weighted by Gasteiger charge is 2.17. The molecule has 2 aliphatic heterocycles. The minimum absolute atomic E-state index is 0.183. The van der Waals surface area contributed by atoms with Crippen LogP contribution in [0.15, 0.2) is 36.5 Å². The van der Waals surface area contributed by atoms with Crippen LogP contribution in [0.3, 0.4) is 0 Å². The lowest BCUT2D eigenvalue weighted by molar-refractivity contribution is 0.102. The Labute approximate surface area is 145 Å². The summed E-state index contributed by atoms with van der Waals surface area (Å²) in [6, 6.07) is 8.73. The zero-order chi connectivity index (χ0) is 17.1. The van der Waals surface area contributed by atoms with E-state index in [9.17, 15) is 4.79 Å². The Morgan fingerprint density at radius 2 is 2.12 bits per heavy atom. The third-order valence-electron chi connectivity index (χ3n) is 4.20. The number of anilines is 2. The topological polar surface area (TPSA) is 81.7 Å². The van der Waals surface area contributed by atoms with Gasteiger partial charge in [-0.15, -0.1) is 0 Å². The quantitative estimate of drug-likeness (QED) is 0.870. The SMILES string of the molecule is O=C(Nc1ccc(NCC2CCCO2)cn1)c1ccc2c(c1)OCO2. The normalized spacial score (nSPS) is 18.2. The zero-order valence-electron chi connectivity index (χ0n) is 13.7. The van der Waals surface area contributed by atoms with Gasteiger partial charge in [0.25, 0.3) is 5.91 Å². The molecule has 2 aliphatic rings. The van der Waals surface area contributed by atoms with E-state index in [-0.39, 0.29) is 18.8 Å². The van der Waals surface area contributed by atoms with Crippen molar-refractivity contribution in [2.24, 2.45) is 0 Å². The number of pyridine rings is 1. The summed E-state index contributed by atoms with van der Waals surface area (Å²) in [7, 11) is 0. The van der Waals surface area contributed by atoms with Gasteiger partial charge in [-0.2, -0.15) is 0 Å². The summed E-state index contributed by atoms with van der Waals surface area (Å²) in [6.07, 6.45) is 4.18. The van der Waals surface area contributed by atoms with Gasteiger partial charge in [-0.05, 0) is 43.2 Å². The number of fused-ring (bicyclic) bond motifs is 1. The summed E-state index contributed by atoms with van der Waals surface area (Å²) in [4.78, 5) is 16.6. The smallest absolute Gasteiger partial charge is 0.256 e. The Morgan fingerprint density at radius 1 is 1.20 bits per heavy atom. The second-order valence-corrected chi connectivity index (χ2v) is 5.97. The third-order valence-corrected chi connectivity index (χ3v) is 4.20. The molecule has 1 aromatic carbocycles.